The lowest BCUT2D eigenvalue weighted by Gasteiger charge is -2.37. The number of halogens is 1. The second-order valence-electron chi connectivity index (χ2n) is 11.8. The maximum Gasteiger partial charge on any atom is 0.409 e. The summed E-state index contributed by atoms with van der Waals surface area (Å²) in [6.07, 6.45) is 4.47. The van der Waals surface area contributed by atoms with E-state index in [0.29, 0.717) is 59.8 Å². The van der Waals surface area contributed by atoms with Crippen LogP contribution in [0.2, 0.25) is 5.02 Å². The summed E-state index contributed by atoms with van der Waals surface area (Å²) in [5.74, 6) is 0.447. The van der Waals surface area contributed by atoms with Gasteiger partial charge in [0, 0.05) is 55.1 Å². The summed E-state index contributed by atoms with van der Waals surface area (Å²) in [6, 6.07) is 21.3. The minimum atomic E-state index is -1.66. The molecular formula is C35H40ClN9O3. The molecule has 6 rings (SSSR count). The van der Waals surface area contributed by atoms with Crippen LogP contribution < -0.4 is 27.1 Å². The largest absolute Gasteiger partial charge is 0.450 e. The number of guanidine groups is 1. The van der Waals surface area contributed by atoms with Crippen LogP contribution in [0.15, 0.2) is 101 Å². The van der Waals surface area contributed by atoms with E-state index in [1.165, 1.54) is 6.20 Å². The zero-order chi connectivity index (χ0) is 33.8. The van der Waals surface area contributed by atoms with Gasteiger partial charge in [-0.15, -0.1) is 10.6 Å². The normalized spacial score (nSPS) is 17.4. The second-order valence-corrected chi connectivity index (χ2v) is 12.2. The molecule has 3 aromatic carbocycles. The van der Waals surface area contributed by atoms with Crippen molar-refractivity contribution in [2.75, 3.05) is 31.8 Å². The summed E-state index contributed by atoms with van der Waals surface area (Å²) in [7, 11) is 1.79. The number of fused-ring (bicyclic) bond motifs is 3. The number of hydrogen-bond donors (Lipinski definition) is 5. The fourth-order valence-corrected chi connectivity index (χ4v) is 6.48. The second kappa shape index (κ2) is 14.1. The monoisotopic (exact) mass is 669 g/mol. The Balaban J connectivity index is 1.31. The Morgan fingerprint density at radius 3 is 2.62 bits per heavy atom. The van der Waals surface area contributed by atoms with Gasteiger partial charge in [-0.2, -0.15) is 0 Å². The molecule has 12 nitrogen and oxygen atoms in total. The standard InChI is InChI=1S/C35H40ClN9O3/c1-4-43(3)31(21-37)35(47,25-11-9-23(10-12-25)22-38-28-15-17-44(18-16-28)34(46)48-5-2)26-13-14-30-29(20-26)32(24-7-6-8-27(36)19-24)39-33-40-41-42-45(30)33/h4,6-14,19-21,28,38,41-42,47H,1,5,15-18,22,37H2,2-3H3/b31-21-. The maximum atomic E-state index is 12.8. The minimum Gasteiger partial charge on any atom is -0.450 e. The molecule has 3 aliphatic rings. The quantitative estimate of drug-likeness (QED) is 0.216. The molecule has 3 aromatic rings. The first-order valence-electron chi connectivity index (χ1n) is 15.9. The van der Waals surface area contributed by atoms with Crippen molar-refractivity contribution in [3.05, 3.63) is 124 Å². The van der Waals surface area contributed by atoms with Crippen LogP contribution in [0.25, 0.3) is 0 Å². The third-order valence-corrected chi connectivity index (χ3v) is 9.14. The molecule has 1 saturated heterocycles. The van der Waals surface area contributed by atoms with Crippen LogP contribution in [0.1, 0.15) is 47.6 Å². The van der Waals surface area contributed by atoms with Gasteiger partial charge >= 0.3 is 6.09 Å². The van der Waals surface area contributed by atoms with Crippen molar-refractivity contribution >= 4 is 35.1 Å². The van der Waals surface area contributed by atoms with Crippen molar-refractivity contribution in [1.29, 1.82) is 0 Å². The summed E-state index contributed by atoms with van der Waals surface area (Å²) in [4.78, 5) is 20.4. The first-order chi connectivity index (χ1) is 23.3. The van der Waals surface area contributed by atoms with Crippen LogP contribution in [0.5, 0.6) is 0 Å². The number of anilines is 1. The Bertz CT molecular complexity index is 1770. The van der Waals surface area contributed by atoms with Gasteiger partial charge < -0.3 is 30.7 Å². The lowest BCUT2D eigenvalue weighted by molar-refractivity contribution is 0.0947. The first-order valence-corrected chi connectivity index (χ1v) is 16.3. The van der Waals surface area contributed by atoms with Crippen molar-refractivity contribution in [2.45, 2.75) is 38.0 Å². The number of aliphatic imine (C=N–C) groups is 1. The highest BCUT2D eigenvalue weighted by molar-refractivity contribution is 6.32. The molecule has 1 fully saturated rings. The number of rotatable bonds is 10. The topological polar surface area (TPSA) is 143 Å². The smallest absolute Gasteiger partial charge is 0.409 e. The third-order valence-electron chi connectivity index (χ3n) is 8.91. The lowest BCUT2D eigenvalue weighted by atomic mass is 9.81. The molecule has 0 bridgehead atoms. The molecule has 1 unspecified atom stereocenters. The number of carbonyl (C=O) groups excluding carboxylic acids is 1. The number of aliphatic hydroxyl groups is 1. The van der Waals surface area contributed by atoms with E-state index < -0.39 is 5.60 Å². The molecule has 3 heterocycles. The Labute approximate surface area is 285 Å². The van der Waals surface area contributed by atoms with E-state index in [-0.39, 0.29) is 12.1 Å². The molecule has 6 N–H and O–H groups in total. The van der Waals surface area contributed by atoms with Gasteiger partial charge in [0.25, 0.3) is 5.96 Å². The molecule has 0 aromatic heterocycles. The van der Waals surface area contributed by atoms with Crippen LogP contribution >= 0.6 is 11.6 Å². The predicted molar refractivity (Wildman–Crippen MR) is 188 cm³/mol. The van der Waals surface area contributed by atoms with Gasteiger partial charge in [-0.25, -0.2) is 20.3 Å². The van der Waals surface area contributed by atoms with Crippen LogP contribution in [-0.2, 0) is 16.9 Å². The van der Waals surface area contributed by atoms with Gasteiger partial charge in [0.15, 0.2) is 5.60 Å². The van der Waals surface area contributed by atoms with E-state index in [0.717, 1.165) is 35.2 Å². The van der Waals surface area contributed by atoms with Crippen LogP contribution in [0, 0.1) is 0 Å². The van der Waals surface area contributed by atoms with Crippen molar-refractivity contribution in [3.8, 4) is 0 Å². The number of carbonyl (C=O) groups is 1. The Morgan fingerprint density at radius 2 is 1.94 bits per heavy atom. The van der Waals surface area contributed by atoms with Gasteiger partial charge in [-0.05, 0) is 66.9 Å². The number of hydrazine groups is 2. The van der Waals surface area contributed by atoms with Gasteiger partial charge in [-0.3, -0.25) is 0 Å². The molecule has 0 spiro atoms. The summed E-state index contributed by atoms with van der Waals surface area (Å²) in [5.41, 5.74) is 16.0. The summed E-state index contributed by atoms with van der Waals surface area (Å²) >= 11 is 6.38. The first kappa shape index (κ1) is 33.0. The lowest BCUT2D eigenvalue weighted by Crippen LogP contribution is -2.44. The Hall–Kier alpha value is -4.88. The summed E-state index contributed by atoms with van der Waals surface area (Å²) in [6.45, 7) is 8.09. The predicted octanol–water partition coefficient (Wildman–Crippen LogP) is 4.11. The average Bonchev–Trinajstić information content (AvgIpc) is 3.60. The number of nitrogens with zero attached hydrogens (tertiary/aromatic N) is 5. The molecule has 1 atom stereocenters. The van der Waals surface area contributed by atoms with Gasteiger partial charge in [0.2, 0.25) is 0 Å². The van der Waals surface area contributed by atoms with E-state index >= 15 is 0 Å². The van der Waals surface area contributed by atoms with E-state index in [9.17, 15) is 9.90 Å². The van der Waals surface area contributed by atoms with Gasteiger partial charge in [0.05, 0.1) is 23.7 Å². The molecule has 250 valence electrons. The van der Waals surface area contributed by atoms with E-state index in [1.54, 1.807) is 28.1 Å². The average molecular weight is 670 g/mol. The van der Waals surface area contributed by atoms with Crippen molar-refractivity contribution in [2.24, 2.45) is 15.8 Å². The van der Waals surface area contributed by atoms with Crippen molar-refractivity contribution in [3.63, 3.8) is 0 Å². The van der Waals surface area contributed by atoms with E-state index in [1.807, 2.05) is 73.7 Å². The van der Waals surface area contributed by atoms with Crippen LogP contribution in [-0.4, -0.2) is 65.5 Å². The number of nitrogens with one attached hydrogen (secondary N) is 3. The summed E-state index contributed by atoms with van der Waals surface area (Å²) < 4.78 is 5.14. The highest BCUT2D eigenvalue weighted by atomic mass is 35.5. The summed E-state index contributed by atoms with van der Waals surface area (Å²) in [5, 5.41) is 23.0. The number of hydrazone groups is 1. The van der Waals surface area contributed by atoms with E-state index in [2.05, 4.69) is 28.1 Å². The Kier molecular flexibility index (Phi) is 9.69. The minimum absolute atomic E-state index is 0.248. The molecule has 0 radical (unpaired) electrons. The third kappa shape index (κ3) is 6.35. The maximum absolute atomic E-state index is 12.8. The number of likely N-dealkylation sites (tertiary alicyclic amines) is 1. The number of piperidine rings is 1. The van der Waals surface area contributed by atoms with Gasteiger partial charge in [0.1, 0.15) is 0 Å². The number of ether oxygens (including phenoxy) is 1. The fourth-order valence-electron chi connectivity index (χ4n) is 6.29. The van der Waals surface area contributed by atoms with Crippen molar-refractivity contribution in [1.82, 2.24) is 26.2 Å². The number of likely N-dealkylation sites (N-methyl/N-ethyl adjacent to an activating group) is 1. The molecular weight excluding hydrogens is 630 g/mol. The highest BCUT2D eigenvalue weighted by Crippen LogP contribution is 2.41. The fraction of sp³-hybridized carbons (Fsp3) is 0.286. The number of benzene rings is 3. The number of nitrogens with two attached hydrogens (primary N) is 1. The molecule has 13 heteroatoms. The number of amides is 1. The Morgan fingerprint density at radius 1 is 1.19 bits per heavy atom. The van der Waals surface area contributed by atoms with Gasteiger partial charge in [-0.1, -0.05) is 60.6 Å². The van der Waals surface area contributed by atoms with Crippen LogP contribution in [0.4, 0.5) is 10.5 Å². The SMILES string of the molecule is C=CN(C)/C(=C\N)C(O)(c1ccc(CNC2CCN(C(=O)OCC)CC2)cc1)c1ccc2c(c1)C(c1cccc(Cl)c1)=NC1=NNNN12. The van der Waals surface area contributed by atoms with E-state index in [4.69, 9.17) is 27.1 Å². The molecule has 3 aliphatic heterocycles. The zero-order valence-corrected chi connectivity index (χ0v) is 27.7. The molecule has 48 heavy (non-hydrogen) atoms. The molecule has 1 amide bonds. The molecule has 0 aliphatic carbocycles. The molecule has 0 saturated carbocycles. The highest BCUT2D eigenvalue weighted by Gasteiger charge is 2.40. The van der Waals surface area contributed by atoms with Crippen LogP contribution in [0.3, 0.4) is 0 Å². The number of hydrogen-bond acceptors (Lipinski definition) is 11. The van der Waals surface area contributed by atoms with Crippen molar-refractivity contribution < 1.29 is 14.6 Å². The zero-order valence-electron chi connectivity index (χ0n) is 27.0.